The normalized spacial score (nSPS) is 23.6. The molecule has 10 nitrogen and oxygen atoms in total. The zero-order chi connectivity index (χ0) is 25.8. The van der Waals surface area contributed by atoms with Gasteiger partial charge in [-0.2, -0.15) is 0 Å². The van der Waals surface area contributed by atoms with Gasteiger partial charge in [-0.25, -0.2) is 0 Å². The molecule has 1 aromatic heterocycles. The van der Waals surface area contributed by atoms with Crippen LogP contribution < -0.4 is 10.1 Å². The second kappa shape index (κ2) is 11.1. The fourth-order valence-corrected chi connectivity index (χ4v) is 4.57. The van der Waals surface area contributed by atoms with E-state index < -0.39 is 5.91 Å². The molecule has 1 N–H and O–H groups in total. The first-order chi connectivity index (χ1) is 17.3. The van der Waals surface area contributed by atoms with E-state index in [1.165, 1.54) is 12.3 Å². The third-order valence-corrected chi connectivity index (χ3v) is 7.10. The molecule has 1 aliphatic heterocycles. The molecule has 0 unspecified atom stereocenters. The number of carbonyl (C=O) groups is 3. The summed E-state index contributed by atoms with van der Waals surface area (Å²) in [6.07, 6.45) is 4.05. The van der Waals surface area contributed by atoms with Crippen molar-refractivity contribution in [3.05, 3.63) is 41.8 Å². The number of fused-ring (bicyclic) bond motifs is 1. The summed E-state index contributed by atoms with van der Waals surface area (Å²) in [5.41, 5.74) is 0.804. The quantitative estimate of drug-likeness (QED) is 0.689. The average molecular weight is 499 g/mol. The van der Waals surface area contributed by atoms with Crippen LogP contribution in [0.4, 0.5) is 5.69 Å². The number of amides is 3. The van der Waals surface area contributed by atoms with Gasteiger partial charge >= 0.3 is 0 Å². The van der Waals surface area contributed by atoms with E-state index >= 15 is 0 Å². The monoisotopic (exact) mass is 498 g/mol. The maximum Gasteiger partial charge on any atom is 0.294 e. The van der Waals surface area contributed by atoms with E-state index in [9.17, 15) is 14.4 Å². The van der Waals surface area contributed by atoms with Crippen LogP contribution in [0.5, 0.6) is 5.75 Å². The average Bonchev–Trinajstić information content (AvgIpc) is 3.37. The summed E-state index contributed by atoms with van der Waals surface area (Å²) >= 11 is 0. The SMILES string of the molecule is CO[C@@H]1CN(C)C(=O)c2ccc(NC(=O)c3ccno3)cc2OC[C@@H](C)N(C(=O)C2CCC2)C[C@H]1C. The molecule has 0 bridgehead atoms. The van der Waals surface area contributed by atoms with Crippen LogP contribution in [0.15, 0.2) is 35.0 Å². The Morgan fingerprint density at radius 2 is 1.94 bits per heavy atom. The van der Waals surface area contributed by atoms with Gasteiger partial charge in [-0.1, -0.05) is 18.5 Å². The molecule has 2 heterocycles. The highest BCUT2D eigenvalue weighted by Crippen LogP contribution is 2.31. The van der Waals surface area contributed by atoms with Gasteiger partial charge in [0.2, 0.25) is 11.7 Å². The van der Waals surface area contributed by atoms with Gasteiger partial charge < -0.3 is 29.1 Å². The first-order valence-electron chi connectivity index (χ1n) is 12.4. The van der Waals surface area contributed by atoms with Crippen LogP contribution in [-0.2, 0) is 9.53 Å². The number of ether oxygens (including phenoxy) is 2. The van der Waals surface area contributed by atoms with Crippen LogP contribution >= 0.6 is 0 Å². The number of nitrogens with zero attached hydrogens (tertiary/aromatic N) is 3. The summed E-state index contributed by atoms with van der Waals surface area (Å²) in [4.78, 5) is 42.6. The number of benzene rings is 1. The topological polar surface area (TPSA) is 114 Å². The lowest BCUT2D eigenvalue weighted by Crippen LogP contribution is -2.51. The number of nitrogens with one attached hydrogen (secondary N) is 1. The van der Waals surface area contributed by atoms with Crippen LogP contribution in [-0.4, -0.2) is 78.7 Å². The standard InChI is InChI=1S/C26H34N4O6/c1-16-13-30(25(32)18-6-5-7-18)17(2)15-35-22-12-19(28-24(31)21-10-11-27-36-21)8-9-20(22)26(33)29(3)14-23(16)34-4/h8-12,16-18,23H,5-7,13-15H2,1-4H3,(H,28,31)/t16-,17-,23-/m1/s1. The molecule has 3 atom stereocenters. The Morgan fingerprint density at radius 3 is 2.58 bits per heavy atom. The van der Waals surface area contributed by atoms with Gasteiger partial charge in [-0.05, 0) is 31.9 Å². The molecule has 4 rings (SSSR count). The van der Waals surface area contributed by atoms with Crippen molar-refractivity contribution in [3.8, 4) is 5.75 Å². The molecule has 0 radical (unpaired) electrons. The van der Waals surface area contributed by atoms with Crippen LogP contribution in [0.2, 0.25) is 0 Å². The highest BCUT2D eigenvalue weighted by atomic mass is 16.5. The summed E-state index contributed by atoms with van der Waals surface area (Å²) in [6.45, 7) is 5.08. The lowest BCUT2D eigenvalue weighted by Gasteiger charge is -2.39. The molecule has 1 saturated carbocycles. The van der Waals surface area contributed by atoms with E-state index in [0.29, 0.717) is 30.1 Å². The molecular formula is C26H34N4O6. The lowest BCUT2D eigenvalue weighted by molar-refractivity contribution is -0.142. The van der Waals surface area contributed by atoms with Crippen molar-refractivity contribution in [2.45, 2.75) is 45.3 Å². The molecule has 0 saturated heterocycles. The van der Waals surface area contributed by atoms with E-state index in [2.05, 4.69) is 10.5 Å². The third kappa shape index (κ3) is 5.53. The number of hydrogen-bond donors (Lipinski definition) is 1. The van der Waals surface area contributed by atoms with Gasteiger partial charge in [0.05, 0.1) is 23.9 Å². The third-order valence-electron chi connectivity index (χ3n) is 7.10. The molecule has 2 aliphatic rings. The van der Waals surface area contributed by atoms with Crippen molar-refractivity contribution in [3.63, 3.8) is 0 Å². The summed E-state index contributed by atoms with van der Waals surface area (Å²) in [7, 11) is 3.35. The first-order valence-corrected chi connectivity index (χ1v) is 12.4. The molecule has 10 heteroatoms. The zero-order valence-electron chi connectivity index (χ0n) is 21.2. The second-order valence-corrected chi connectivity index (χ2v) is 9.76. The minimum Gasteiger partial charge on any atom is -0.491 e. The fourth-order valence-electron chi connectivity index (χ4n) is 4.57. The predicted octanol–water partition coefficient (Wildman–Crippen LogP) is 3.06. The Bertz CT molecular complexity index is 1080. The number of methoxy groups -OCH3 is 1. The van der Waals surface area contributed by atoms with Crippen molar-refractivity contribution in [1.29, 1.82) is 0 Å². The largest absolute Gasteiger partial charge is 0.491 e. The molecule has 3 amide bonds. The number of rotatable bonds is 4. The van der Waals surface area contributed by atoms with Crippen molar-refractivity contribution < 1.29 is 28.4 Å². The molecule has 194 valence electrons. The van der Waals surface area contributed by atoms with E-state index in [1.54, 1.807) is 37.3 Å². The number of anilines is 1. The van der Waals surface area contributed by atoms with Crippen LogP contribution in [0.3, 0.4) is 0 Å². The van der Waals surface area contributed by atoms with Crippen molar-refractivity contribution >= 4 is 23.4 Å². The van der Waals surface area contributed by atoms with Gasteiger partial charge in [0.25, 0.3) is 11.8 Å². The van der Waals surface area contributed by atoms with Crippen molar-refractivity contribution in [1.82, 2.24) is 15.0 Å². The molecule has 0 spiro atoms. The van der Waals surface area contributed by atoms with Gasteiger partial charge in [-0.15, -0.1) is 0 Å². The Labute approximate surface area is 210 Å². The maximum atomic E-state index is 13.3. The van der Waals surface area contributed by atoms with E-state index in [-0.39, 0.29) is 48.2 Å². The van der Waals surface area contributed by atoms with Crippen LogP contribution in [0.25, 0.3) is 0 Å². The maximum absolute atomic E-state index is 13.3. The van der Waals surface area contributed by atoms with Gasteiger partial charge in [0, 0.05) is 56.9 Å². The summed E-state index contributed by atoms with van der Waals surface area (Å²) < 4.78 is 16.8. The minimum atomic E-state index is -0.466. The molecule has 2 aromatic rings. The van der Waals surface area contributed by atoms with Gasteiger partial charge in [0.15, 0.2) is 0 Å². The second-order valence-electron chi connectivity index (χ2n) is 9.76. The Hall–Kier alpha value is -3.40. The molecular weight excluding hydrogens is 464 g/mol. The highest BCUT2D eigenvalue weighted by molar-refractivity contribution is 6.03. The van der Waals surface area contributed by atoms with Gasteiger partial charge in [-0.3, -0.25) is 14.4 Å². The Morgan fingerprint density at radius 1 is 1.17 bits per heavy atom. The Balaban J connectivity index is 1.63. The van der Waals surface area contributed by atoms with E-state index in [4.69, 9.17) is 14.0 Å². The molecule has 1 aromatic carbocycles. The van der Waals surface area contributed by atoms with E-state index in [1.807, 2.05) is 18.7 Å². The highest BCUT2D eigenvalue weighted by Gasteiger charge is 2.35. The molecule has 1 aliphatic carbocycles. The summed E-state index contributed by atoms with van der Waals surface area (Å²) in [6, 6.07) is 6.12. The minimum absolute atomic E-state index is 0.0179. The van der Waals surface area contributed by atoms with Crippen LogP contribution in [0.1, 0.15) is 54.0 Å². The molecule has 1 fully saturated rings. The van der Waals surface area contributed by atoms with Crippen molar-refractivity contribution in [2.24, 2.45) is 11.8 Å². The first kappa shape index (κ1) is 25.7. The van der Waals surface area contributed by atoms with Crippen LogP contribution in [0, 0.1) is 11.8 Å². The number of aromatic nitrogens is 1. The zero-order valence-corrected chi connectivity index (χ0v) is 21.2. The fraction of sp³-hybridized carbons (Fsp3) is 0.538. The summed E-state index contributed by atoms with van der Waals surface area (Å²) in [5, 5.41) is 6.28. The smallest absolute Gasteiger partial charge is 0.294 e. The number of likely N-dealkylation sites (N-methyl/N-ethyl adjacent to an activating group) is 1. The number of hydrogen-bond acceptors (Lipinski definition) is 7. The lowest BCUT2D eigenvalue weighted by atomic mass is 9.83. The molecule has 36 heavy (non-hydrogen) atoms. The van der Waals surface area contributed by atoms with E-state index in [0.717, 1.165) is 19.3 Å². The van der Waals surface area contributed by atoms with Crippen molar-refractivity contribution in [2.75, 3.05) is 39.2 Å². The Kier molecular flexibility index (Phi) is 7.93. The predicted molar refractivity (Wildman–Crippen MR) is 132 cm³/mol. The number of carbonyl (C=O) groups excluding carboxylic acids is 3. The summed E-state index contributed by atoms with van der Waals surface area (Å²) in [5.74, 6) is -0.0681. The van der Waals surface area contributed by atoms with Gasteiger partial charge in [0.1, 0.15) is 12.4 Å².